The Bertz CT molecular complexity index is 1010. The number of benzene rings is 1. The normalized spacial score (nSPS) is 10.7. The van der Waals surface area contributed by atoms with E-state index in [1.165, 1.54) is 52.5 Å². The number of nitrogens with one attached hydrogen (secondary N) is 2. The lowest BCUT2D eigenvalue weighted by atomic mass is 10.1. The Kier molecular flexibility index (Phi) is 7.40. The van der Waals surface area contributed by atoms with Crippen LogP contribution in [0.4, 0.5) is 10.8 Å². The third-order valence-electron chi connectivity index (χ3n) is 4.17. The third kappa shape index (κ3) is 6.38. The summed E-state index contributed by atoms with van der Waals surface area (Å²) in [5.74, 6) is 0.353. The molecule has 6 nitrogen and oxygen atoms in total. The molecule has 0 aliphatic heterocycles. The molecule has 0 saturated heterocycles. The van der Waals surface area contributed by atoms with Crippen molar-refractivity contribution >= 4 is 56.9 Å². The van der Waals surface area contributed by atoms with Gasteiger partial charge in [0, 0.05) is 24.0 Å². The zero-order valence-electron chi connectivity index (χ0n) is 16.4. The minimum atomic E-state index is -0.0438. The lowest BCUT2D eigenvalue weighted by molar-refractivity contribution is -0.118. The lowest BCUT2D eigenvalue weighted by Crippen LogP contribution is -2.22. The van der Waals surface area contributed by atoms with E-state index in [0.717, 1.165) is 26.2 Å². The summed E-state index contributed by atoms with van der Waals surface area (Å²) in [6, 6.07) is 9.96. The van der Waals surface area contributed by atoms with E-state index in [0.29, 0.717) is 17.4 Å². The molecule has 9 heteroatoms. The monoisotopic (exact) mass is 446 g/mol. The maximum Gasteiger partial charge on any atom is 0.216 e. The smallest absolute Gasteiger partial charge is 0.216 e. The molecule has 2 N–H and O–H groups in total. The van der Waals surface area contributed by atoms with Gasteiger partial charge in [-0.15, -0.1) is 21.5 Å². The Morgan fingerprint density at radius 2 is 1.90 bits per heavy atom. The van der Waals surface area contributed by atoms with Crippen molar-refractivity contribution in [3.8, 4) is 0 Å². The van der Waals surface area contributed by atoms with Crippen molar-refractivity contribution in [3.05, 3.63) is 51.2 Å². The molecule has 0 fully saturated rings. The van der Waals surface area contributed by atoms with E-state index >= 15 is 0 Å². The maximum atomic E-state index is 12.4. The quantitative estimate of drug-likeness (QED) is 0.369. The molecule has 3 rings (SSSR count). The summed E-state index contributed by atoms with van der Waals surface area (Å²) in [6.07, 6.45) is 0.731. The number of hydrogen-bond donors (Lipinski definition) is 2. The van der Waals surface area contributed by atoms with Crippen LogP contribution in [-0.2, 0) is 11.2 Å². The van der Waals surface area contributed by atoms with E-state index in [2.05, 4.69) is 46.8 Å². The molecule has 1 amide bonds. The Hall–Kier alpha value is -2.23. The number of aryl methyl sites for hydroxylation is 2. The largest absolute Gasteiger partial charge is 0.356 e. The molecule has 0 unspecified atom stereocenters. The van der Waals surface area contributed by atoms with Crippen molar-refractivity contribution in [3.63, 3.8) is 0 Å². The molecule has 0 bridgehead atoms. The van der Waals surface area contributed by atoms with Gasteiger partial charge in [-0.05, 0) is 55.7 Å². The summed E-state index contributed by atoms with van der Waals surface area (Å²) in [5, 5.41) is 15.1. The topological polar surface area (TPSA) is 84.0 Å². The lowest BCUT2D eigenvalue weighted by Gasteiger charge is -2.05. The molecule has 3 aromatic rings. The second-order valence-electron chi connectivity index (χ2n) is 6.51. The molecule has 152 valence electrons. The predicted octanol–water partition coefficient (Wildman–Crippen LogP) is 4.61. The molecule has 2 aromatic heterocycles. The fourth-order valence-electron chi connectivity index (χ4n) is 2.48. The summed E-state index contributed by atoms with van der Waals surface area (Å²) in [6.45, 7) is 6.23. The first-order valence-electron chi connectivity index (χ1n) is 9.07. The molecule has 0 aliphatic rings. The molecule has 0 aliphatic carbocycles. The van der Waals surface area contributed by atoms with Crippen molar-refractivity contribution in [1.82, 2.24) is 15.5 Å². The SMILES string of the molecule is CC(=O)NCCc1ccc(C(=O)CSc2nnc(Nc3ccc(C)c(C)c3)s2)s1. The van der Waals surface area contributed by atoms with Gasteiger partial charge in [0.2, 0.25) is 11.0 Å². The van der Waals surface area contributed by atoms with Crippen LogP contribution in [0.2, 0.25) is 0 Å². The predicted molar refractivity (Wildman–Crippen MR) is 121 cm³/mol. The van der Waals surface area contributed by atoms with Crippen LogP contribution in [-0.4, -0.2) is 34.2 Å². The number of ketones is 1. The van der Waals surface area contributed by atoms with Crippen LogP contribution in [0.5, 0.6) is 0 Å². The van der Waals surface area contributed by atoms with Crippen molar-refractivity contribution in [2.45, 2.75) is 31.5 Å². The van der Waals surface area contributed by atoms with Gasteiger partial charge in [0.15, 0.2) is 10.1 Å². The van der Waals surface area contributed by atoms with Crippen molar-refractivity contribution in [2.24, 2.45) is 0 Å². The number of carbonyl (C=O) groups is 2. The average Bonchev–Trinajstić information content (AvgIpc) is 3.32. The van der Waals surface area contributed by atoms with E-state index in [1.54, 1.807) is 0 Å². The molecule has 0 atom stereocenters. The number of thioether (sulfide) groups is 1. The second kappa shape index (κ2) is 10.00. The summed E-state index contributed by atoms with van der Waals surface area (Å²) < 4.78 is 0.757. The van der Waals surface area contributed by atoms with Crippen molar-refractivity contribution in [1.29, 1.82) is 0 Å². The Morgan fingerprint density at radius 3 is 2.66 bits per heavy atom. The fourth-order valence-corrected chi connectivity index (χ4v) is 5.18. The molecule has 0 spiro atoms. The van der Waals surface area contributed by atoms with E-state index in [9.17, 15) is 9.59 Å². The van der Waals surface area contributed by atoms with Crippen LogP contribution in [0.3, 0.4) is 0 Å². The first-order chi connectivity index (χ1) is 13.9. The number of thiophene rings is 1. The van der Waals surface area contributed by atoms with Crippen LogP contribution < -0.4 is 10.6 Å². The van der Waals surface area contributed by atoms with Gasteiger partial charge < -0.3 is 10.6 Å². The molecule has 29 heavy (non-hydrogen) atoms. The highest BCUT2D eigenvalue weighted by molar-refractivity contribution is 8.01. The van der Waals surface area contributed by atoms with Crippen molar-refractivity contribution in [2.75, 3.05) is 17.6 Å². The van der Waals surface area contributed by atoms with E-state index in [4.69, 9.17) is 0 Å². The summed E-state index contributed by atoms with van der Waals surface area (Å²) in [7, 11) is 0. The number of rotatable bonds is 9. The molecular formula is C20H22N4O2S3. The van der Waals surface area contributed by atoms with Gasteiger partial charge >= 0.3 is 0 Å². The number of amides is 1. The highest BCUT2D eigenvalue weighted by Gasteiger charge is 2.13. The number of Topliss-reactive ketones (excluding diaryl/α,β-unsaturated/α-hetero) is 1. The van der Waals surface area contributed by atoms with Crippen LogP contribution >= 0.6 is 34.4 Å². The highest BCUT2D eigenvalue weighted by atomic mass is 32.2. The van der Waals surface area contributed by atoms with Crippen LogP contribution in [0.15, 0.2) is 34.7 Å². The molecule has 2 heterocycles. The van der Waals surface area contributed by atoms with Gasteiger partial charge in [0.1, 0.15) is 0 Å². The Balaban J connectivity index is 1.50. The number of aromatic nitrogens is 2. The number of anilines is 2. The zero-order valence-corrected chi connectivity index (χ0v) is 18.9. The number of nitrogens with zero attached hydrogens (tertiary/aromatic N) is 2. The summed E-state index contributed by atoms with van der Waals surface area (Å²) >= 11 is 4.31. The standard InChI is InChI=1S/C20H22N4O2S3/c1-12-4-5-15(10-13(12)2)22-19-23-24-20(29-19)27-11-17(26)18-7-6-16(28-18)8-9-21-14(3)25/h4-7,10H,8-9,11H2,1-3H3,(H,21,25)(H,22,23). The van der Waals surface area contributed by atoms with E-state index in [1.807, 2.05) is 18.2 Å². The van der Waals surface area contributed by atoms with Crippen LogP contribution in [0, 0.1) is 13.8 Å². The van der Waals surface area contributed by atoms with Crippen molar-refractivity contribution < 1.29 is 9.59 Å². The number of hydrogen-bond acceptors (Lipinski definition) is 8. The minimum Gasteiger partial charge on any atom is -0.356 e. The van der Waals surface area contributed by atoms with E-state index < -0.39 is 0 Å². The fraction of sp³-hybridized carbons (Fsp3) is 0.300. The van der Waals surface area contributed by atoms with Gasteiger partial charge in [-0.25, -0.2) is 0 Å². The Labute approximate surface area is 182 Å². The average molecular weight is 447 g/mol. The minimum absolute atomic E-state index is 0.0438. The summed E-state index contributed by atoms with van der Waals surface area (Å²) in [4.78, 5) is 25.2. The molecule has 0 radical (unpaired) electrons. The van der Waals surface area contributed by atoms with Gasteiger partial charge in [-0.2, -0.15) is 0 Å². The van der Waals surface area contributed by atoms with Gasteiger partial charge in [-0.1, -0.05) is 29.2 Å². The van der Waals surface area contributed by atoms with Crippen LogP contribution in [0.1, 0.15) is 32.6 Å². The summed E-state index contributed by atoms with van der Waals surface area (Å²) in [5.41, 5.74) is 3.43. The zero-order chi connectivity index (χ0) is 20.8. The molecule has 1 aromatic carbocycles. The second-order valence-corrected chi connectivity index (χ2v) is 9.88. The first kappa shape index (κ1) is 21.5. The highest BCUT2D eigenvalue weighted by Crippen LogP contribution is 2.29. The number of carbonyl (C=O) groups excluding carboxylic acids is 2. The first-order valence-corrected chi connectivity index (χ1v) is 11.7. The molecular weight excluding hydrogens is 424 g/mol. The van der Waals surface area contributed by atoms with Gasteiger partial charge in [0.25, 0.3) is 0 Å². The van der Waals surface area contributed by atoms with E-state index in [-0.39, 0.29) is 11.7 Å². The molecule has 0 saturated carbocycles. The van der Waals surface area contributed by atoms with Gasteiger partial charge in [-0.3, -0.25) is 9.59 Å². The third-order valence-corrected chi connectivity index (χ3v) is 7.33. The Morgan fingerprint density at radius 1 is 1.07 bits per heavy atom. The van der Waals surface area contributed by atoms with Gasteiger partial charge in [0.05, 0.1) is 10.6 Å². The van der Waals surface area contributed by atoms with Crippen LogP contribution in [0.25, 0.3) is 0 Å². The maximum absolute atomic E-state index is 12.4.